The molecule has 5 nitrogen and oxygen atoms in total. The van der Waals surface area contributed by atoms with E-state index in [4.69, 9.17) is 0 Å². The van der Waals surface area contributed by atoms with Crippen LogP contribution in [0.4, 0.5) is 4.39 Å². The third kappa shape index (κ3) is 3.05. The fourth-order valence-corrected chi connectivity index (χ4v) is 7.26. The van der Waals surface area contributed by atoms with E-state index in [2.05, 4.69) is 0 Å². The molecule has 8 atom stereocenters. The predicted molar refractivity (Wildman–Crippen MR) is 102 cm³/mol. The summed E-state index contributed by atoms with van der Waals surface area (Å²) in [6, 6.07) is 0. The number of carbonyl (C=O) groups is 2. The number of hydrogen-bond donors (Lipinski definition) is 3. The van der Waals surface area contributed by atoms with E-state index in [1.165, 1.54) is 12.2 Å². The number of allylic oxidation sites excluding steroid dienone is 4. The molecule has 0 heterocycles. The van der Waals surface area contributed by atoms with Crippen LogP contribution in [0.25, 0.3) is 0 Å². The molecule has 0 aliphatic heterocycles. The largest absolute Gasteiger partial charge is 1.00 e. The Balaban J connectivity index is 0.00000240. The molecule has 3 N–H and O–H groups in total. The number of fused-ring (bicyclic) bond motifs is 5. The van der Waals surface area contributed by atoms with E-state index < -0.39 is 52.4 Å². The van der Waals surface area contributed by atoms with E-state index in [1.807, 2.05) is 0 Å². The molecule has 0 aromatic heterocycles. The van der Waals surface area contributed by atoms with E-state index in [-0.39, 0.29) is 80.1 Å². The molecular formula is C22H31FNa2O5. The van der Waals surface area contributed by atoms with Gasteiger partial charge in [0.15, 0.2) is 17.2 Å². The summed E-state index contributed by atoms with van der Waals surface area (Å²) < 4.78 is 16.9. The maximum Gasteiger partial charge on any atom is 1.00 e. The van der Waals surface area contributed by atoms with Crippen LogP contribution in [0.1, 0.15) is 49.3 Å². The monoisotopic (exact) mass is 440 g/mol. The zero-order valence-corrected chi connectivity index (χ0v) is 22.6. The van der Waals surface area contributed by atoms with Crippen molar-refractivity contribution in [1.82, 2.24) is 0 Å². The van der Waals surface area contributed by atoms with Gasteiger partial charge in [-0.1, -0.05) is 25.5 Å². The van der Waals surface area contributed by atoms with Gasteiger partial charge < -0.3 is 18.2 Å². The Morgan fingerprint density at radius 3 is 2.53 bits per heavy atom. The molecular weight excluding hydrogens is 409 g/mol. The SMILES string of the molecule is C[C@H]1C[C@H]2[C@@H]3CCC4=CC(=O)C=C[C@]4(C)[C@@]3(F)[C@@H](O)C[C@]2(C)[C@@]1(O)C(=O)CO.[H-].[H-].[Na+].[Na+]. The Morgan fingerprint density at radius 2 is 1.93 bits per heavy atom. The van der Waals surface area contributed by atoms with Crippen LogP contribution in [0.3, 0.4) is 0 Å². The fraction of sp³-hybridized carbons (Fsp3) is 0.727. The van der Waals surface area contributed by atoms with Crippen molar-refractivity contribution in [3.05, 3.63) is 23.8 Å². The van der Waals surface area contributed by atoms with Crippen LogP contribution >= 0.6 is 0 Å². The second-order valence-electron chi connectivity index (χ2n) is 9.75. The summed E-state index contributed by atoms with van der Waals surface area (Å²) in [5.41, 5.74) is -5.17. The van der Waals surface area contributed by atoms with Crippen molar-refractivity contribution in [2.75, 3.05) is 6.61 Å². The van der Waals surface area contributed by atoms with Crippen LogP contribution in [0, 0.1) is 28.6 Å². The number of aliphatic hydroxyl groups excluding tert-OH is 2. The molecule has 4 aliphatic rings. The van der Waals surface area contributed by atoms with Gasteiger partial charge in [0, 0.05) is 16.7 Å². The summed E-state index contributed by atoms with van der Waals surface area (Å²) in [5.74, 6) is -2.12. The van der Waals surface area contributed by atoms with Crippen LogP contribution in [-0.4, -0.2) is 50.9 Å². The number of carbonyl (C=O) groups excluding carboxylic acids is 2. The molecule has 0 aromatic rings. The van der Waals surface area contributed by atoms with Gasteiger partial charge in [0.1, 0.15) is 12.2 Å². The summed E-state index contributed by atoms with van der Waals surface area (Å²) in [6.07, 6.45) is 4.44. The van der Waals surface area contributed by atoms with Crippen molar-refractivity contribution in [2.45, 2.75) is 63.8 Å². The number of ketones is 2. The van der Waals surface area contributed by atoms with Gasteiger partial charge in [-0.2, -0.15) is 0 Å². The quantitative estimate of drug-likeness (QED) is 0.382. The number of hydrogen-bond acceptors (Lipinski definition) is 5. The van der Waals surface area contributed by atoms with Crippen LogP contribution in [0.15, 0.2) is 23.8 Å². The van der Waals surface area contributed by atoms with Crippen molar-refractivity contribution in [3.63, 3.8) is 0 Å². The Bertz CT molecular complexity index is 826. The predicted octanol–water partition coefficient (Wildman–Crippen LogP) is -3.87. The van der Waals surface area contributed by atoms with Crippen molar-refractivity contribution in [1.29, 1.82) is 0 Å². The molecule has 0 amide bonds. The molecule has 0 radical (unpaired) electrons. The van der Waals surface area contributed by atoms with Gasteiger partial charge in [0.2, 0.25) is 0 Å². The Labute approximate surface area is 224 Å². The smallest absolute Gasteiger partial charge is 1.00 e. The second-order valence-corrected chi connectivity index (χ2v) is 9.75. The van der Waals surface area contributed by atoms with Crippen LogP contribution in [0.5, 0.6) is 0 Å². The molecule has 3 fully saturated rings. The Hall–Kier alpha value is 0.630. The number of Topliss-reactive ketones (excluding diaryl/α,β-unsaturated/α-hetero) is 1. The molecule has 0 aromatic carbocycles. The first-order valence-corrected chi connectivity index (χ1v) is 10.1. The molecule has 0 spiro atoms. The molecule has 4 rings (SSSR count). The molecule has 4 aliphatic carbocycles. The minimum absolute atomic E-state index is 0. The van der Waals surface area contributed by atoms with E-state index >= 15 is 4.39 Å². The summed E-state index contributed by atoms with van der Waals surface area (Å²) in [7, 11) is 0. The number of halogens is 1. The van der Waals surface area contributed by atoms with Crippen molar-refractivity contribution >= 4 is 11.6 Å². The van der Waals surface area contributed by atoms with E-state index in [0.29, 0.717) is 24.8 Å². The zero-order valence-electron chi connectivity index (χ0n) is 20.6. The van der Waals surface area contributed by atoms with Gasteiger partial charge in [0.25, 0.3) is 0 Å². The van der Waals surface area contributed by atoms with E-state index in [9.17, 15) is 24.9 Å². The van der Waals surface area contributed by atoms with Crippen LogP contribution in [0.2, 0.25) is 0 Å². The zero-order chi connectivity index (χ0) is 20.7. The number of rotatable bonds is 2. The second kappa shape index (κ2) is 8.44. The Morgan fingerprint density at radius 1 is 1.30 bits per heavy atom. The maximum absolute atomic E-state index is 16.9. The first-order valence-electron chi connectivity index (χ1n) is 10.1. The molecule has 158 valence electrons. The third-order valence-corrected chi connectivity index (χ3v) is 8.79. The van der Waals surface area contributed by atoms with Crippen LogP contribution in [-0.2, 0) is 9.59 Å². The van der Waals surface area contributed by atoms with Gasteiger partial charge in [-0.25, -0.2) is 4.39 Å². The third-order valence-electron chi connectivity index (χ3n) is 8.79. The summed E-state index contributed by atoms with van der Waals surface area (Å²) in [6.45, 7) is 4.48. The van der Waals surface area contributed by atoms with Gasteiger partial charge >= 0.3 is 59.1 Å². The van der Waals surface area contributed by atoms with Crippen molar-refractivity contribution < 1.29 is 91.3 Å². The fourth-order valence-electron chi connectivity index (χ4n) is 7.26. The minimum atomic E-state index is -1.98. The van der Waals surface area contributed by atoms with Crippen molar-refractivity contribution in [2.24, 2.45) is 28.6 Å². The van der Waals surface area contributed by atoms with Gasteiger partial charge in [-0.05, 0) is 56.6 Å². The maximum atomic E-state index is 16.9. The standard InChI is InChI=1S/C22H29FO5.2Na.2H/c1-12-8-16-15-5-4-13-9-14(25)6-7-19(13,2)21(15,23)17(26)10-20(16,3)22(12,28)18(27)11-24;;;;/h6-7,9,12,15-17,24,26,28H,4-5,8,10-11H2,1-3H3;;;;/q;2*+1;2*-1/t12-,15-,16-,17-,19-,20-,21-,22-;;;;/m0..../s1. The minimum Gasteiger partial charge on any atom is -1.00 e. The molecule has 3 saturated carbocycles. The molecule has 30 heavy (non-hydrogen) atoms. The van der Waals surface area contributed by atoms with E-state index in [0.717, 1.165) is 0 Å². The molecule has 0 saturated heterocycles. The van der Waals surface area contributed by atoms with Crippen LogP contribution < -0.4 is 59.1 Å². The van der Waals surface area contributed by atoms with E-state index in [1.54, 1.807) is 26.8 Å². The normalized spacial score (nSPS) is 49.0. The first kappa shape index (κ1) is 26.9. The summed E-state index contributed by atoms with van der Waals surface area (Å²) in [4.78, 5) is 24.4. The average molecular weight is 440 g/mol. The number of aliphatic hydroxyl groups is 3. The first-order chi connectivity index (χ1) is 13.0. The summed E-state index contributed by atoms with van der Waals surface area (Å²) in [5, 5.41) is 32.0. The topological polar surface area (TPSA) is 94.8 Å². The molecule has 0 bridgehead atoms. The molecule has 8 heteroatoms. The van der Waals surface area contributed by atoms with Crippen molar-refractivity contribution in [3.8, 4) is 0 Å². The van der Waals surface area contributed by atoms with Gasteiger partial charge in [-0.3, -0.25) is 9.59 Å². The average Bonchev–Trinajstić information content (AvgIpc) is 2.84. The summed E-state index contributed by atoms with van der Waals surface area (Å²) >= 11 is 0. The molecule has 0 unspecified atom stereocenters. The number of alkyl halides is 1. The van der Waals surface area contributed by atoms with Gasteiger partial charge in [-0.15, -0.1) is 0 Å². The Kier molecular flexibility index (Phi) is 7.57. The van der Waals surface area contributed by atoms with Gasteiger partial charge in [0.05, 0.1) is 6.10 Å².